The van der Waals surface area contributed by atoms with Crippen molar-refractivity contribution >= 4 is 33.3 Å². The molecule has 0 atom stereocenters. The van der Waals surface area contributed by atoms with Gasteiger partial charge in [0.1, 0.15) is 11.5 Å². The summed E-state index contributed by atoms with van der Waals surface area (Å²) < 4.78 is 0.917. The molecule has 2 N–H and O–H groups in total. The number of carbonyl (C=O) groups is 1. The van der Waals surface area contributed by atoms with Gasteiger partial charge in [0.25, 0.3) is 5.91 Å². The zero-order valence-corrected chi connectivity index (χ0v) is 12.9. The zero-order valence-electron chi connectivity index (χ0n) is 11.3. The van der Waals surface area contributed by atoms with Crippen LogP contribution in [0.2, 0.25) is 0 Å². The van der Waals surface area contributed by atoms with Crippen LogP contribution in [0.5, 0.6) is 0 Å². The van der Waals surface area contributed by atoms with Crippen molar-refractivity contribution in [1.82, 2.24) is 9.97 Å². The van der Waals surface area contributed by atoms with Gasteiger partial charge in [-0.05, 0) is 37.6 Å². The summed E-state index contributed by atoms with van der Waals surface area (Å²) in [6.45, 7) is 4.65. The smallest absolute Gasteiger partial charge is 0.275 e. The van der Waals surface area contributed by atoms with E-state index in [4.69, 9.17) is 0 Å². The number of aryl methyl sites for hydroxylation is 1. The Morgan fingerprint density at radius 3 is 2.80 bits per heavy atom. The van der Waals surface area contributed by atoms with Gasteiger partial charge in [0, 0.05) is 16.7 Å². The molecule has 0 unspecified atom stereocenters. The Morgan fingerprint density at radius 1 is 1.30 bits per heavy atom. The van der Waals surface area contributed by atoms with Crippen LogP contribution in [0.1, 0.15) is 23.0 Å². The van der Waals surface area contributed by atoms with Crippen molar-refractivity contribution < 1.29 is 4.79 Å². The number of halogens is 1. The monoisotopic (exact) mass is 334 g/mol. The van der Waals surface area contributed by atoms with E-state index >= 15 is 0 Å². The molecular formula is C14H15BrN4O. The van der Waals surface area contributed by atoms with Crippen LogP contribution in [0.15, 0.2) is 35.1 Å². The van der Waals surface area contributed by atoms with Crippen molar-refractivity contribution in [3.63, 3.8) is 0 Å². The molecule has 104 valence electrons. The number of hydrogen-bond acceptors (Lipinski definition) is 4. The Labute approximate surface area is 126 Å². The average molecular weight is 335 g/mol. The van der Waals surface area contributed by atoms with Crippen LogP contribution >= 0.6 is 15.9 Å². The number of amides is 1. The van der Waals surface area contributed by atoms with Crippen molar-refractivity contribution in [2.24, 2.45) is 0 Å². The third kappa shape index (κ3) is 3.77. The van der Waals surface area contributed by atoms with E-state index in [1.54, 1.807) is 6.20 Å². The molecule has 0 saturated carbocycles. The first-order valence-corrected chi connectivity index (χ1v) is 7.02. The lowest BCUT2D eigenvalue weighted by atomic mass is 10.2. The summed E-state index contributed by atoms with van der Waals surface area (Å²) >= 11 is 3.40. The topological polar surface area (TPSA) is 66.9 Å². The second-order valence-corrected chi connectivity index (χ2v) is 5.21. The van der Waals surface area contributed by atoms with E-state index in [0.717, 1.165) is 22.3 Å². The van der Waals surface area contributed by atoms with Crippen LogP contribution in [0, 0.1) is 6.92 Å². The molecule has 0 fully saturated rings. The van der Waals surface area contributed by atoms with Gasteiger partial charge in [0.05, 0.1) is 12.4 Å². The zero-order chi connectivity index (χ0) is 14.5. The highest BCUT2D eigenvalue weighted by Crippen LogP contribution is 2.19. The normalized spacial score (nSPS) is 10.2. The Morgan fingerprint density at radius 2 is 2.10 bits per heavy atom. The van der Waals surface area contributed by atoms with Crippen molar-refractivity contribution in [3.8, 4) is 0 Å². The molecule has 1 aromatic heterocycles. The number of nitrogens with zero attached hydrogens (tertiary/aromatic N) is 2. The van der Waals surface area contributed by atoms with E-state index in [-0.39, 0.29) is 11.6 Å². The molecule has 0 aliphatic rings. The van der Waals surface area contributed by atoms with Crippen molar-refractivity contribution in [3.05, 3.63) is 46.3 Å². The molecular weight excluding hydrogens is 320 g/mol. The van der Waals surface area contributed by atoms with Crippen LogP contribution in [0.25, 0.3) is 0 Å². The second kappa shape index (κ2) is 6.47. The number of carbonyl (C=O) groups excluding carboxylic acids is 1. The summed E-state index contributed by atoms with van der Waals surface area (Å²) in [5.41, 5.74) is 2.06. The number of aromatic nitrogens is 2. The second-order valence-electron chi connectivity index (χ2n) is 4.29. The van der Waals surface area contributed by atoms with Crippen LogP contribution < -0.4 is 10.6 Å². The van der Waals surface area contributed by atoms with Crippen molar-refractivity contribution in [1.29, 1.82) is 0 Å². The maximum atomic E-state index is 12.1. The fourth-order valence-corrected chi connectivity index (χ4v) is 2.35. The SMILES string of the molecule is CCNc1cncc(C(=O)Nc2cc(C)cc(Br)c2)n1. The molecule has 1 aromatic carbocycles. The lowest BCUT2D eigenvalue weighted by Gasteiger charge is -2.07. The Kier molecular flexibility index (Phi) is 4.68. The van der Waals surface area contributed by atoms with Crippen LogP contribution in [0.4, 0.5) is 11.5 Å². The summed E-state index contributed by atoms with van der Waals surface area (Å²) in [4.78, 5) is 20.3. The Bertz CT molecular complexity index is 610. The van der Waals surface area contributed by atoms with Gasteiger partial charge in [-0.15, -0.1) is 0 Å². The molecule has 20 heavy (non-hydrogen) atoms. The average Bonchev–Trinajstić information content (AvgIpc) is 2.38. The summed E-state index contributed by atoms with van der Waals surface area (Å²) in [5, 5.41) is 5.83. The van der Waals surface area contributed by atoms with Gasteiger partial charge >= 0.3 is 0 Å². The van der Waals surface area contributed by atoms with Crippen LogP contribution in [-0.4, -0.2) is 22.4 Å². The van der Waals surface area contributed by atoms with E-state index in [9.17, 15) is 4.79 Å². The molecule has 1 amide bonds. The summed E-state index contributed by atoms with van der Waals surface area (Å²) in [6, 6.07) is 5.71. The van der Waals surface area contributed by atoms with E-state index in [0.29, 0.717) is 5.82 Å². The lowest BCUT2D eigenvalue weighted by molar-refractivity contribution is 0.102. The summed E-state index contributed by atoms with van der Waals surface area (Å²) in [6.07, 6.45) is 3.03. The van der Waals surface area contributed by atoms with Crippen LogP contribution in [-0.2, 0) is 0 Å². The van der Waals surface area contributed by atoms with Gasteiger partial charge in [-0.2, -0.15) is 0 Å². The first-order valence-electron chi connectivity index (χ1n) is 6.23. The molecule has 0 saturated heterocycles. The Balaban J connectivity index is 2.17. The van der Waals surface area contributed by atoms with Crippen molar-refractivity contribution in [2.45, 2.75) is 13.8 Å². The Hall–Kier alpha value is -1.95. The lowest BCUT2D eigenvalue weighted by Crippen LogP contribution is -2.15. The highest BCUT2D eigenvalue weighted by molar-refractivity contribution is 9.10. The maximum absolute atomic E-state index is 12.1. The van der Waals surface area contributed by atoms with E-state index in [1.807, 2.05) is 32.0 Å². The van der Waals surface area contributed by atoms with E-state index in [1.165, 1.54) is 6.20 Å². The first-order chi connectivity index (χ1) is 9.58. The third-order valence-electron chi connectivity index (χ3n) is 2.53. The molecule has 1 heterocycles. The standard InChI is InChI=1S/C14H15BrN4O/c1-3-17-13-8-16-7-12(19-13)14(20)18-11-5-9(2)4-10(15)6-11/h4-8H,3H2,1-2H3,(H,17,19)(H,18,20). The number of benzene rings is 1. The van der Waals surface area contributed by atoms with Gasteiger partial charge in [0.15, 0.2) is 0 Å². The molecule has 2 aromatic rings. The van der Waals surface area contributed by atoms with Gasteiger partial charge < -0.3 is 10.6 Å². The first kappa shape index (κ1) is 14.5. The fourth-order valence-electron chi connectivity index (χ4n) is 1.75. The van der Waals surface area contributed by atoms with Gasteiger partial charge in [-0.3, -0.25) is 9.78 Å². The van der Waals surface area contributed by atoms with Crippen molar-refractivity contribution in [2.75, 3.05) is 17.2 Å². The largest absolute Gasteiger partial charge is 0.369 e. The molecule has 6 heteroatoms. The van der Waals surface area contributed by atoms with Crippen LogP contribution in [0.3, 0.4) is 0 Å². The number of rotatable bonds is 4. The fraction of sp³-hybridized carbons (Fsp3) is 0.214. The van der Waals surface area contributed by atoms with Gasteiger partial charge in [-0.25, -0.2) is 4.98 Å². The minimum Gasteiger partial charge on any atom is -0.369 e. The highest BCUT2D eigenvalue weighted by atomic mass is 79.9. The van der Waals surface area contributed by atoms with Gasteiger partial charge in [0.2, 0.25) is 0 Å². The molecule has 0 radical (unpaired) electrons. The molecule has 0 aliphatic carbocycles. The van der Waals surface area contributed by atoms with Gasteiger partial charge in [-0.1, -0.05) is 15.9 Å². The third-order valence-corrected chi connectivity index (χ3v) is 2.98. The quantitative estimate of drug-likeness (QED) is 0.900. The minimum absolute atomic E-state index is 0.279. The summed E-state index contributed by atoms with van der Waals surface area (Å²) in [7, 11) is 0. The maximum Gasteiger partial charge on any atom is 0.275 e. The molecule has 5 nitrogen and oxygen atoms in total. The number of nitrogens with one attached hydrogen (secondary N) is 2. The predicted octanol–water partition coefficient (Wildman–Crippen LogP) is 3.23. The molecule has 2 rings (SSSR count). The molecule has 0 aliphatic heterocycles. The minimum atomic E-state index is -0.283. The highest BCUT2D eigenvalue weighted by Gasteiger charge is 2.09. The number of anilines is 2. The predicted molar refractivity (Wildman–Crippen MR) is 83.0 cm³/mol. The molecule has 0 spiro atoms. The van der Waals surface area contributed by atoms with E-state index in [2.05, 4.69) is 36.5 Å². The molecule has 0 bridgehead atoms. The van der Waals surface area contributed by atoms with E-state index < -0.39 is 0 Å². The summed E-state index contributed by atoms with van der Waals surface area (Å²) in [5.74, 6) is 0.306. The number of hydrogen-bond donors (Lipinski definition) is 2.